The summed E-state index contributed by atoms with van der Waals surface area (Å²) in [5, 5.41) is 13.4. The minimum absolute atomic E-state index is 0. The molecule has 0 spiro atoms. The maximum atomic E-state index is 14.5. The number of allylic oxidation sites excluding steroid dienone is 3. The molecular weight excluding hydrogens is 1080 g/mol. The normalized spacial score (nSPS) is 13.9. The van der Waals surface area contributed by atoms with Crippen molar-refractivity contribution >= 4 is 35.5 Å². The van der Waals surface area contributed by atoms with Crippen LogP contribution in [0.5, 0.6) is 11.5 Å². The summed E-state index contributed by atoms with van der Waals surface area (Å²) in [4.78, 5) is 75.8. The summed E-state index contributed by atoms with van der Waals surface area (Å²) in [6, 6.07) is 4.52. The molecule has 17 nitrogen and oxygen atoms in total. The van der Waals surface area contributed by atoms with Crippen LogP contribution in [0, 0.1) is 6.92 Å². The first kappa shape index (κ1) is 50.5. The molecule has 0 radical (unpaired) electrons. The summed E-state index contributed by atoms with van der Waals surface area (Å²) in [5.74, 6) is -4.14. The molecule has 63 heavy (non-hydrogen) atoms. The number of carbonyl (C=O) groups excluding carboxylic acids is 5. The van der Waals surface area contributed by atoms with E-state index in [0.717, 1.165) is 6.08 Å². The van der Waals surface area contributed by atoms with E-state index in [1.807, 2.05) is 0 Å². The van der Waals surface area contributed by atoms with Crippen molar-refractivity contribution in [1.82, 2.24) is 10.6 Å². The van der Waals surface area contributed by atoms with E-state index >= 15 is 0 Å². The number of benzene rings is 2. The number of alkyl halides is 3. The van der Waals surface area contributed by atoms with Crippen molar-refractivity contribution in [3.05, 3.63) is 80.4 Å². The van der Waals surface area contributed by atoms with Crippen LogP contribution in [0.4, 0.5) is 18.0 Å². The molecule has 350 valence electrons. The number of halogens is 3. The van der Waals surface area contributed by atoms with E-state index in [-0.39, 0.29) is 104 Å². The molecule has 2 aliphatic rings. The number of carboxylic acid groups (broad SMARTS) is 1. The average Bonchev–Trinajstić information content (AvgIpc) is 3.62. The number of fused-ring (bicyclic) bond motifs is 2. The van der Waals surface area contributed by atoms with Crippen LogP contribution < -0.4 is 25.8 Å². The number of rotatable bonds is 25. The van der Waals surface area contributed by atoms with Gasteiger partial charge in [0.25, 0.3) is 6.23 Å². The Hall–Kier alpha value is -6.83. The van der Waals surface area contributed by atoms with E-state index in [1.54, 1.807) is 31.3 Å². The second-order valence-electron chi connectivity index (χ2n) is 14.0. The van der Waals surface area contributed by atoms with Crippen LogP contribution in [0.25, 0.3) is 0 Å². The summed E-state index contributed by atoms with van der Waals surface area (Å²) < 4.78 is 80.5. The Kier molecular flexibility index (Phi) is 19.2. The van der Waals surface area contributed by atoms with Gasteiger partial charge < -0.3 is 49.3 Å². The van der Waals surface area contributed by atoms with E-state index < -0.39 is 54.4 Å². The smallest absolute Gasteiger partial charge is 0.445 e. The average molecular weight is 1130 g/mol. The molecule has 0 saturated heterocycles. The van der Waals surface area contributed by atoms with Gasteiger partial charge in [-0.05, 0) is 50.3 Å². The number of alkyl carbamates (subject to hydrolysis) is 1. The van der Waals surface area contributed by atoms with Gasteiger partial charge in [-0.2, -0.15) is 13.2 Å². The van der Waals surface area contributed by atoms with E-state index in [9.17, 15) is 41.9 Å². The Labute approximate surface area is 355 Å². The maximum Gasteiger partial charge on any atom is 0.445 e. The molecule has 1 unspecified atom stereocenters. The predicted octanol–water partition coefficient (Wildman–Crippen LogP) is 4.08. The molecular formula is C42H50F3FmN3O14. The van der Waals surface area contributed by atoms with Gasteiger partial charge in [-0.1, -0.05) is 29.8 Å². The SMILES string of the molecule is COc1c(C)c2c(c(OC(NC(=O)OCC3=CC(=O)c4c(CCNC(=O)CCOCCOCCOCCN)cccc4C3=O)C(F)(F)F)c1C/C=C(\C)CCC(=O)O)C(=O)OC2.[Fm]. The molecule has 0 aromatic heterocycles. The van der Waals surface area contributed by atoms with Crippen LogP contribution in [-0.4, -0.2) is 119 Å². The first-order valence-electron chi connectivity index (χ1n) is 19.6. The molecule has 0 fully saturated rings. The number of hydrogen-bond donors (Lipinski definition) is 4. The number of ether oxygens (including phenoxy) is 7. The second kappa shape index (κ2) is 24.0. The van der Waals surface area contributed by atoms with Crippen LogP contribution in [0.2, 0.25) is 0 Å². The van der Waals surface area contributed by atoms with Crippen LogP contribution in [0.1, 0.15) is 79.5 Å². The molecule has 4 rings (SSSR count). The number of esters is 1. The van der Waals surface area contributed by atoms with Crippen molar-refractivity contribution in [1.29, 1.82) is 0 Å². The van der Waals surface area contributed by atoms with Crippen molar-refractivity contribution in [2.75, 3.05) is 66.4 Å². The van der Waals surface area contributed by atoms with Gasteiger partial charge in [-0.25, -0.2) is 9.59 Å². The summed E-state index contributed by atoms with van der Waals surface area (Å²) in [6.45, 7) is 4.63. The van der Waals surface area contributed by atoms with Gasteiger partial charge in [0, 0.05) is 53.8 Å². The van der Waals surface area contributed by atoms with Crippen molar-refractivity contribution in [2.45, 2.75) is 65.0 Å². The zero-order valence-electron chi connectivity index (χ0n) is 34.8. The number of Topliss-reactive ketones (excluding diaryl/α,β-unsaturated/α-hetero) is 1. The summed E-state index contributed by atoms with van der Waals surface area (Å²) >= 11 is 0. The third-order valence-corrected chi connectivity index (χ3v) is 9.59. The molecule has 2 aromatic rings. The third-order valence-electron chi connectivity index (χ3n) is 9.59. The largest absolute Gasteiger partial charge is 0.496 e. The molecule has 0 bridgehead atoms. The first-order chi connectivity index (χ1) is 29.6. The number of hydrogen-bond acceptors (Lipinski definition) is 14. The van der Waals surface area contributed by atoms with Gasteiger partial charge in [-0.3, -0.25) is 24.5 Å². The fraction of sp³-hybridized carbons (Fsp3) is 0.476. The molecule has 1 aliphatic carbocycles. The zero-order valence-corrected chi connectivity index (χ0v) is 37.2. The van der Waals surface area contributed by atoms with Gasteiger partial charge in [0.05, 0.1) is 46.8 Å². The number of amides is 2. The summed E-state index contributed by atoms with van der Waals surface area (Å²) in [7, 11) is 1.27. The Morgan fingerprint density at radius 2 is 1.65 bits per heavy atom. The minimum atomic E-state index is -5.29. The quantitative estimate of drug-likeness (QED) is 0.0475. The standard InChI is InChI=1S/C42H50F3N3O14.Fm/c1-24(8-10-33(51)52)7-9-29-37(56-3)25(2)30-23-60-39(54)35(30)38(29)62-40(42(43,44)45)48-41(55)61-22-27-21-31(49)34-26(5-4-6-28(34)36(27)53)11-14-47-32(50)12-15-57-17-19-59-20-18-58-16-13-46;/h4-7,21,40H,8-20,22-23,46H2,1-3H3,(H,47,50)(H,48,55)(H,51,52);/b24-7+;. The van der Waals surface area contributed by atoms with Crippen LogP contribution in [0.15, 0.2) is 41.5 Å². The molecule has 1 heterocycles. The Balaban J connectivity index is 0.0000106. The van der Waals surface area contributed by atoms with Gasteiger partial charge in [0.1, 0.15) is 30.3 Å². The van der Waals surface area contributed by atoms with Crippen LogP contribution >= 0.6 is 0 Å². The second-order valence-corrected chi connectivity index (χ2v) is 14.0. The fourth-order valence-corrected chi connectivity index (χ4v) is 6.49. The molecule has 5 N–H and O–H groups in total. The molecule has 2 amide bonds. The first-order valence-corrected chi connectivity index (χ1v) is 19.6. The number of nitrogens with two attached hydrogens (primary N) is 1. The van der Waals surface area contributed by atoms with Crippen molar-refractivity contribution < 1.29 is 80.2 Å². The van der Waals surface area contributed by atoms with Gasteiger partial charge in [0.15, 0.2) is 11.6 Å². The van der Waals surface area contributed by atoms with E-state index in [2.05, 4.69) is 5.32 Å². The summed E-state index contributed by atoms with van der Waals surface area (Å²) in [6.07, 6.45) is -7.52. The number of ketones is 2. The monoisotopic (exact) mass is 1130 g/mol. The molecule has 0 saturated carbocycles. The zero-order chi connectivity index (χ0) is 45.4. The number of nitrogens with one attached hydrogen (secondary N) is 2. The molecule has 2 aromatic carbocycles. The fourth-order valence-electron chi connectivity index (χ4n) is 6.49. The van der Waals surface area contributed by atoms with Crippen LogP contribution in [0.3, 0.4) is 0 Å². The Bertz CT molecular complexity index is 2060. The predicted molar refractivity (Wildman–Crippen MR) is 212 cm³/mol. The van der Waals surface area contributed by atoms with Crippen molar-refractivity contribution in [3.63, 3.8) is 0 Å². The van der Waals surface area contributed by atoms with Gasteiger partial charge in [-0.15, -0.1) is 0 Å². The number of aliphatic carboxylic acids is 1. The molecule has 21 heteroatoms. The molecule has 1 aliphatic heterocycles. The molecule has 1 atom stereocenters. The number of cyclic esters (lactones) is 1. The Morgan fingerprint density at radius 3 is 2.30 bits per heavy atom. The topological polar surface area (TPSA) is 237 Å². The van der Waals surface area contributed by atoms with E-state index in [0.29, 0.717) is 49.7 Å². The minimum Gasteiger partial charge on any atom is -0.496 e. The number of carbonyl (C=O) groups is 6. The van der Waals surface area contributed by atoms with Crippen molar-refractivity contribution in [2.24, 2.45) is 5.73 Å². The Morgan fingerprint density at radius 1 is 0.968 bits per heavy atom. The third kappa shape index (κ3) is 14.1. The van der Waals surface area contributed by atoms with E-state index in [4.69, 9.17) is 44.0 Å². The number of methoxy groups -OCH3 is 1. The summed E-state index contributed by atoms with van der Waals surface area (Å²) in [5.41, 5.74) is 6.43. The van der Waals surface area contributed by atoms with E-state index in [1.165, 1.54) is 19.2 Å². The van der Waals surface area contributed by atoms with Crippen LogP contribution in [-0.2, 0) is 52.7 Å². The number of carboxylic acids is 1. The van der Waals surface area contributed by atoms with Gasteiger partial charge in [0.2, 0.25) is 5.91 Å². The van der Waals surface area contributed by atoms with Crippen molar-refractivity contribution in [3.8, 4) is 11.5 Å². The van der Waals surface area contributed by atoms with Gasteiger partial charge >= 0.3 is 24.2 Å². The maximum absolute atomic E-state index is 14.5.